The number of urea groups is 1. The van der Waals surface area contributed by atoms with E-state index in [4.69, 9.17) is 0 Å². The second-order valence-electron chi connectivity index (χ2n) is 8.33. The van der Waals surface area contributed by atoms with Crippen LogP contribution in [0.4, 0.5) is 16.2 Å². The number of nitriles is 2. The first-order chi connectivity index (χ1) is 17.1. The molecule has 0 saturated heterocycles. The summed E-state index contributed by atoms with van der Waals surface area (Å²) in [5, 5.41) is 22.2. The molecule has 1 aliphatic rings. The van der Waals surface area contributed by atoms with Crippen LogP contribution in [0.1, 0.15) is 35.3 Å². The maximum absolute atomic E-state index is 13.4. The topological polar surface area (TPSA) is 139 Å². The fourth-order valence-corrected chi connectivity index (χ4v) is 5.33. The highest BCUT2D eigenvalue weighted by molar-refractivity contribution is 7.92. The predicted molar refractivity (Wildman–Crippen MR) is 134 cm³/mol. The van der Waals surface area contributed by atoms with E-state index in [0.29, 0.717) is 17.1 Å². The van der Waals surface area contributed by atoms with E-state index in [1.54, 1.807) is 38.1 Å². The summed E-state index contributed by atoms with van der Waals surface area (Å²) in [5.74, 6) is 0. The number of nitrogens with zero attached hydrogens (tertiary/aromatic N) is 4. The van der Waals surface area contributed by atoms with Crippen molar-refractivity contribution in [1.82, 2.24) is 10.3 Å². The molecule has 9 nitrogen and oxygen atoms in total. The number of benzene rings is 2. The first kappa shape index (κ1) is 24.5. The molecule has 0 bridgehead atoms. The lowest BCUT2D eigenvalue weighted by Crippen LogP contribution is -2.46. The van der Waals surface area contributed by atoms with Crippen LogP contribution in [-0.2, 0) is 10.0 Å². The molecule has 180 valence electrons. The summed E-state index contributed by atoms with van der Waals surface area (Å²) in [6, 6.07) is 17.1. The molecular weight excluding hydrogens is 476 g/mol. The van der Waals surface area contributed by atoms with Crippen LogP contribution < -0.4 is 14.9 Å². The van der Waals surface area contributed by atoms with Gasteiger partial charge in [0, 0.05) is 17.0 Å². The number of anilines is 2. The Kier molecular flexibility index (Phi) is 6.47. The van der Waals surface area contributed by atoms with E-state index >= 15 is 0 Å². The molecule has 4 rings (SSSR count). The number of hydrogen-bond acceptors (Lipinski definition) is 6. The molecule has 2 N–H and O–H groups in total. The minimum Gasteiger partial charge on any atom is -0.326 e. The van der Waals surface area contributed by atoms with Gasteiger partial charge < -0.3 is 5.32 Å². The largest absolute Gasteiger partial charge is 0.327 e. The standard InChI is InChI=1S/C26H22N6O3S/c1-16-5-4-6-21(11-16)32-18(3)23(14-28)25(30-26(32)33)22-10-8-19(13-27)12-24(22)36(34,35)31-20-9-7-17(2)29-15-20/h4-12,15,25,31H,1-3H3,(H,30,33). The van der Waals surface area contributed by atoms with Crippen LogP contribution >= 0.6 is 0 Å². The summed E-state index contributed by atoms with van der Waals surface area (Å²) >= 11 is 0. The normalized spacial score (nSPS) is 15.6. The van der Waals surface area contributed by atoms with Crippen LogP contribution in [0, 0.1) is 36.5 Å². The molecule has 0 spiro atoms. The van der Waals surface area contributed by atoms with Gasteiger partial charge in [0.25, 0.3) is 10.0 Å². The Labute approximate surface area is 209 Å². The fourth-order valence-electron chi connectivity index (χ4n) is 4.01. The summed E-state index contributed by atoms with van der Waals surface area (Å²) in [6.45, 7) is 5.31. The van der Waals surface area contributed by atoms with Crippen LogP contribution in [0.15, 0.2) is 77.0 Å². The minimum atomic E-state index is -4.21. The average Bonchev–Trinajstić information content (AvgIpc) is 2.85. The zero-order valence-corrected chi connectivity index (χ0v) is 20.6. The fraction of sp³-hybridized carbons (Fsp3) is 0.154. The second kappa shape index (κ2) is 9.53. The summed E-state index contributed by atoms with van der Waals surface area (Å²) in [4.78, 5) is 18.5. The maximum Gasteiger partial charge on any atom is 0.327 e. The van der Waals surface area contributed by atoms with Crippen LogP contribution in [0.2, 0.25) is 0 Å². The molecule has 2 heterocycles. The molecule has 3 aromatic rings. The third kappa shape index (κ3) is 4.63. The molecule has 0 fully saturated rings. The maximum atomic E-state index is 13.4. The Morgan fingerprint density at radius 1 is 1.03 bits per heavy atom. The Bertz CT molecular complexity index is 1580. The van der Waals surface area contributed by atoms with Crippen LogP contribution in [0.3, 0.4) is 0 Å². The first-order valence-electron chi connectivity index (χ1n) is 10.9. The van der Waals surface area contributed by atoms with Gasteiger partial charge >= 0.3 is 6.03 Å². The van der Waals surface area contributed by atoms with Crippen LogP contribution in [0.5, 0.6) is 0 Å². The molecule has 0 aliphatic carbocycles. The van der Waals surface area contributed by atoms with Crippen molar-refractivity contribution in [2.45, 2.75) is 31.7 Å². The summed E-state index contributed by atoms with van der Waals surface area (Å²) in [7, 11) is -4.21. The number of hydrogen-bond donors (Lipinski definition) is 2. The van der Waals surface area contributed by atoms with Gasteiger partial charge in [0.05, 0.1) is 51.8 Å². The molecule has 1 unspecified atom stereocenters. The smallest absolute Gasteiger partial charge is 0.326 e. The number of carbonyl (C=O) groups excluding carboxylic acids is 1. The predicted octanol–water partition coefficient (Wildman–Crippen LogP) is 4.44. The van der Waals surface area contributed by atoms with Crippen molar-refractivity contribution in [2.24, 2.45) is 0 Å². The Balaban J connectivity index is 1.84. The third-order valence-electron chi connectivity index (χ3n) is 5.77. The highest BCUT2D eigenvalue weighted by Gasteiger charge is 2.36. The Morgan fingerprint density at radius 2 is 1.81 bits per heavy atom. The van der Waals surface area contributed by atoms with E-state index in [1.165, 1.54) is 29.3 Å². The number of amides is 2. The third-order valence-corrected chi connectivity index (χ3v) is 7.21. The van der Waals surface area contributed by atoms with Crippen molar-refractivity contribution < 1.29 is 13.2 Å². The lowest BCUT2D eigenvalue weighted by Gasteiger charge is -2.34. The quantitative estimate of drug-likeness (QED) is 0.533. The van der Waals surface area contributed by atoms with E-state index in [9.17, 15) is 23.7 Å². The van der Waals surface area contributed by atoms with Gasteiger partial charge in [-0.05, 0) is 62.7 Å². The lowest BCUT2D eigenvalue weighted by atomic mass is 9.94. The van der Waals surface area contributed by atoms with Crippen LogP contribution in [0.25, 0.3) is 0 Å². The van der Waals surface area contributed by atoms with Gasteiger partial charge in [-0.2, -0.15) is 10.5 Å². The number of carbonyl (C=O) groups is 1. The number of aryl methyl sites for hydroxylation is 2. The molecule has 2 amide bonds. The number of sulfonamides is 1. The molecule has 36 heavy (non-hydrogen) atoms. The van der Waals surface area contributed by atoms with E-state index < -0.39 is 22.1 Å². The van der Waals surface area contributed by atoms with Gasteiger partial charge in [-0.15, -0.1) is 0 Å². The monoisotopic (exact) mass is 498 g/mol. The lowest BCUT2D eigenvalue weighted by molar-refractivity contribution is 0.243. The van der Waals surface area contributed by atoms with E-state index in [2.05, 4.69) is 21.1 Å². The minimum absolute atomic E-state index is 0.115. The van der Waals surface area contributed by atoms with Gasteiger partial charge in [-0.1, -0.05) is 18.2 Å². The Hall–Kier alpha value is -4.67. The van der Waals surface area contributed by atoms with Gasteiger partial charge in [0.15, 0.2) is 0 Å². The van der Waals surface area contributed by atoms with Gasteiger partial charge in [0.1, 0.15) is 0 Å². The number of rotatable bonds is 5. The number of pyridine rings is 1. The summed E-state index contributed by atoms with van der Waals surface area (Å²) in [5.41, 5.74) is 3.29. The van der Waals surface area contributed by atoms with Crippen molar-refractivity contribution in [1.29, 1.82) is 10.5 Å². The summed E-state index contributed by atoms with van der Waals surface area (Å²) in [6.07, 6.45) is 1.38. The van der Waals surface area contributed by atoms with Crippen molar-refractivity contribution in [2.75, 3.05) is 9.62 Å². The van der Waals surface area contributed by atoms with Crippen molar-refractivity contribution in [3.8, 4) is 12.1 Å². The highest BCUT2D eigenvalue weighted by Crippen LogP contribution is 2.36. The highest BCUT2D eigenvalue weighted by atomic mass is 32.2. The number of nitrogens with one attached hydrogen (secondary N) is 2. The molecule has 0 radical (unpaired) electrons. The molecule has 1 atom stereocenters. The second-order valence-corrected chi connectivity index (χ2v) is 9.98. The zero-order valence-electron chi connectivity index (χ0n) is 19.8. The first-order valence-corrected chi connectivity index (χ1v) is 12.4. The number of allylic oxidation sites excluding steroid dienone is 1. The molecule has 0 saturated carbocycles. The van der Waals surface area contributed by atoms with Gasteiger partial charge in [0.2, 0.25) is 0 Å². The Morgan fingerprint density at radius 3 is 2.44 bits per heavy atom. The molecule has 1 aromatic heterocycles. The van der Waals surface area contributed by atoms with E-state index in [1.807, 2.05) is 25.1 Å². The van der Waals surface area contributed by atoms with Crippen molar-refractivity contribution in [3.63, 3.8) is 0 Å². The average molecular weight is 499 g/mol. The van der Waals surface area contributed by atoms with E-state index in [0.717, 1.165) is 5.56 Å². The van der Waals surface area contributed by atoms with Crippen LogP contribution in [-0.4, -0.2) is 19.4 Å². The summed E-state index contributed by atoms with van der Waals surface area (Å²) < 4.78 is 29.3. The SMILES string of the molecule is CC1=C(C#N)C(c2ccc(C#N)cc2S(=O)(=O)Nc2ccc(C)nc2)NC(=O)N1c1cccc(C)c1. The van der Waals surface area contributed by atoms with Crippen molar-refractivity contribution in [3.05, 3.63) is 94.4 Å². The zero-order chi connectivity index (χ0) is 26.0. The molecule has 10 heteroatoms. The van der Waals surface area contributed by atoms with Crippen molar-refractivity contribution >= 4 is 27.4 Å². The van der Waals surface area contributed by atoms with Gasteiger partial charge in [-0.3, -0.25) is 14.6 Å². The molecule has 2 aromatic carbocycles. The van der Waals surface area contributed by atoms with Gasteiger partial charge in [-0.25, -0.2) is 13.2 Å². The molecule has 1 aliphatic heterocycles. The molecular formula is C26H22N6O3S. The number of aromatic nitrogens is 1. The van der Waals surface area contributed by atoms with E-state index in [-0.39, 0.29) is 27.3 Å².